The van der Waals surface area contributed by atoms with Crippen molar-refractivity contribution in [2.24, 2.45) is 4.99 Å². The molecule has 0 N–H and O–H groups in total. The van der Waals surface area contributed by atoms with Crippen molar-refractivity contribution in [1.29, 1.82) is 0 Å². The topological polar surface area (TPSA) is 43.6 Å². The average molecular weight is 374 g/mol. The first-order valence-corrected chi connectivity index (χ1v) is 9.38. The summed E-state index contributed by atoms with van der Waals surface area (Å²) in [5.41, 5.74) is 1.61. The molecule has 3 aromatic carbocycles. The summed E-state index contributed by atoms with van der Waals surface area (Å²) in [4.78, 5) is 18.1. The van der Waals surface area contributed by atoms with Crippen molar-refractivity contribution >= 4 is 38.2 Å². The van der Waals surface area contributed by atoms with Gasteiger partial charge in [-0.3, -0.25) is 4.79 Å². The third-order valence-electron chi connectivity index (χ3n) is 4.42. The minimum atomic E-state index is -0.247. The molecule has 0 unspecified atom stereocenters. The fraction of sp³-hybridized carbons (Fsp3) is 0.0909. The van der Waals surface area contributed by atoms with Crippen molar-refractivity contribution in [3.05, 3.63) is 83.7 Å². The Morgan fingerprint density at radius 1 is 1.19 bits per heavy atom. The molecule has 0 radical (unpaired) electrons. The molecule has 1 heterocycles. The summed E-state index contributed by atoms with van der Waals surface area (Å²) in [6, 6.07) is 19.4. The summed E-state index contributed by atoms with van der Waals surface area (Å²) in [6.45, 7) is 4.41. The number of thiazole rings is 1. The van der Waals surface area contributed by atoms with E-state index in [2.05, 4.69) is 11.6 Å². The van der Waals surface area contributed by atoms with Crippen LogP contribution in [0.5, 0.6) is 5.75 Å². The van der Waals surface area contributed by atoms with Gasteiger partial charge in [0.1, 0.15) is 5.75 Å². The largest absolute Gasteiger partial charge is 0.497 e. The number of ether oxygens (including phenoxy) is 1. The Bertz CT molecular complexity index is 1230. The molecule has 134 valence electrons. The molecular weight excluding hydrogens is 356 g/mol. The van der Waals surface area contributed by atoms with E-state index in [0.29, 0.717) is 16.9 Å². The zero-order valence-electron chi connectivity index (χ0n) is 14.9. The van der Waals surface area contributed by atoms with Crippen molar-refractivity contribution in [3.63, 3.8) is 0 Å². The molecule has 1 aromatic heterocycles. The van der Waals surface area contributed by atoms with Crippen molar-refractivity contribution < 1.29 is 9.53 Å². The lowest BCUT2D eigenvalue weighted by Gasteiger charge is -2.04. The number of methoxy groups -OCH3 is 1. The second kappa shape index (κ2) is 7.21. The lowest BCUT2D eigenvalue weighted by molar-refractivity contribution is 0.0999. The molecule has 4 rings (SSSR count). The van der Waals surface area contributed by atoms with Gasteiger partial charge in [0.05, 0.1) is 17.3 Å². The normalized spacial score (nSPS) is 11.8. The third kappa shape index (κ3) is 3.17. The van der Waals surface area contributed by atoms with Crippen LogP contribution in [0.4, 0.5) is 0 Å². The van der Waals surface area contributed by atoms with Crippen LogP contribution in [0.3, 0.4) is 0 Å². The smallest absolute Gasteiger partial charge is 0.280 e. The molecule has 5 heteroatoms. The Morgan fingerprint density at radius 3 is 2.81 bits per heavy atom. The first-order valence-electron chi connectivity index (χ1n) is 8.56. The van der Waals surface area contributed by atoms with Crippen LogP contribution in [0, 0.1) is 0 Å². The van der Waals surface area contributed by atoms with Crippen LogP contribution in [0.25, 0.3) is 21.0 Å². The number of allylic oxidation sites excluding steroid dienone is 1. The Morgan fingerprint density at radius 2 is 2.00 bits per heavy atom. The van der Waals surface area contributed by atoms with E-state index in [4.69, 9.17) is 4.74 Å². The molecule has 0 bridgehead atoms. The Hall–Kier alpha value is -3.18. The molecular formula is C22H18N2O2S. The molecule has 0 saturated heterocycles. The van der Waals surface area contributed by atoms with Gasteiger partial charge in [0, 0.05) is 12.1 Å². The van der Waals surface area contributed by atoms with E-state index >= 15 is 0 Å². The number of carbonyl (C=O) groups excluding carboxylic acids is 1. The Kier molecular flexibility index (Phi) is 4.60. The first kappa shape index (κ1) is 17.2. The number of aromatic nitrogens is 1. The number of hydrogen-bond donors (Lipinski definition) is 0. The summed E-state index contributed by atoms with van der Waals surface area (Å²) < 4.78 is 8.32. The highest BCUT2D eigenvalue weighted by molar-refractivity contribution is 7.16. The highest BCUT2D eigenvalue weighted by atomic mass is 32.1. The maximum atomic E-state index is 13.0. The van der Waals surface area contributed by atoms with Gasteiger partial charge in [-0.15, -0.1) is 6.58 Å². The van der Waals surface area contributed by atoms with Gasteiger partial charge in [0.2, 0.25) is 0 Å². The maximum Gasteiger partial charge on any atom is 0.280 e. The van der Waals surface area contributed by atoms with Crippen molar-refractivity contribution in [1.82, 2.24) is 4.57 Å². The number of amides is 1. The number of carbonyl (C=O) groups is 1. The van der Waals surface area contributed by atoms with E-state index in [0.717, 1.165) is 26.7 Å². The van der Waals surface area contributed by atoms with E-state index in [9.17, 15) is 4.79 Å². The van der Waals surface area contributed by atoms with E-state index in [1.54, 1.807) is 13.2 Å². The van der Waals surface area contributed by atoms with Gasteiger partial charge in [0.15, 0.2) is 4.80 Å². The zero-order chi connectivity index (χ0) is 18.8. The minimum Gasteiger partial charge on any atom is -0.497 e. The molecule has 0 saturated carbocycles. The highest BCUT2D eigenvalue weighted by Gasteiger charge is 2.11. The standard InChI is InChI=1S/C22H18N2O2S/c1-3-13-24-19-12-11-16(26-2)14-20(19)27-22(24)23-21(25)18-10-6-8-15-7-4-5-9-17(15)18/h3-12,14H,1,13H2,2H3. The van der Waals surface area contributed by atoms with E-state index in [1.165, 1.54) is 11.3 Å². The van der Waals surface area contributed by atoms with Crippen LogP contribution in [0.2, 0.25) is 0 Å². The van der Waals surface area contributed by atoms with Crippen molar-refractivity contribution in [2.75, 3.05) is 7.11 Å². The lowest BCUT2D eigenvalue weighted by Crippen LogP contribution is -2.16. The number of nitrogens with zero attached hydrogens (tertiary/aromatic N) is 2. The van der Waals surface area contributed by atoms with Gasteiger partial charge in [-0.25, -0.2) is 0 Å². The van der Waals surface area contributed by atoms with Gasteiger partial charge < -0.3 is 9.30 Å². The van der Waals surface area contributed by atoms with Gasteiger partial charge in [-0.05, 0) is 35.0 Å². The molecule has 4 aromatic rings. The van der Waals surface area contributed by atoms with E-state index in [1.807, 2.05) is 65.2 Å². The Labute approximate surface area is 160 Å². The number of benzene rings is 3. The predicted octanol–water partition coefficient (Wildman–Crippen LogP) is 4.79. The molecule has 0 aliphatic carbocycles. The second-order valence-electron chi connectivity index (χ2n) is 6.06. The minimum absolute atomic E-state index is 0.247. The van der Waals surface area contributed by atoms with Gasteiger partial charge >= 0.3 is 0 Å². The van der Waals surface area contributed by atoms with E-state index in [-0.39, 0.29) is 5.91 Å². The van der Waals surface area contributed by atoms with Crippen LogP contribution in [0.15, 0.2) is 78.3 Å². The average Bonchev–Trinajstić information content (AvgIpc) is 3.04. The summed E-state index contributed by atoms with van der Waals surface area (Å²) in [5, 5.41) is 1.94. The van der Waals surface area contributed by atoms with Crippen LogP contribution in [-0.4, -0.2) is 17.6 Å². The fourth-order valence-electron chi connectivity index (χ4n) is 3.13. The fourth-order valence-corrected chi connectivity index (χ4v) is 4.20. The zero-order valence-corrected chi connectivity index (χ0v) is 15.7. The predicted molar refractivity (Wildman–Crippen MR) is 110 cm³/mol. The van der Waals surface area contributed by atoms with Crippen LogP contribution < -0.4 is 9.54 Å². The monoisotopic (exact) mass is 374 g/mol. The second-order valence-corrected chi connectivity index (χ2v) is 7.07. The number of fused-ring (bicyclic) bond motifs is 2. The summed E-state index contributed by atoms with van der Waals surface area (Å²) in [5.74, 6) is 0.532. The molecule has 0 atom stereocenters. The van der Waals surface area contributed by atoms with E-state index < -0.39 is 0 Å². The highest BCUT2D eigenvalue weighted by Crippen LogP contribution is 2.24. The summed E-state index contributed by atoms with van der Waals surface area (Å²) in [6.07, 6.45) is 1.80. The van der Waals surface area contributed by atoms with Crippen LogP contribution in [0.1, 0.15) is 10.4 Å². The van der Waals surface area contributed by atoms with Crippen LogP contribution in [-0.2, 0) is 6.54 Å². The number of rotatable bonds is 4. The molecule has 0 aliphatic heterocycles. The van der Waals surface area contributed by atoms with Gasteiger partial charge in [0.25, 0.3) is 5.91 Å². The van der Waals surface area contributed by atoms with Gasteiger partial charge in [-0.1, -0.05) is 53.8 Å². The molecule has 0 aliphatic rings. The number of hydrogen-bond acceptors (Lipinski definition) is 3. The van der Waals surface area contributed by atoms with Crippen molar-refractivity contribution in [3.8, 4) is 5.75 Å². The van der Waals surface area contributed by atoms with Crippen LogP contribution >= 0.6 is 11.3 Å². The SMILES string of the molecule is C=CCn1c(=NC(=O)c2cccc3ccccc23)sc2cc(OC)ccc21. The van der Waals surface area contributed by atoms with Crippen molar-refractivity contribution in [2.45, 2.75) is 6.54 Å². The molecule has 1 amide bonds. The first-order chi connectivity index (χ1) is 13.2. The maximum absolute atomic E-state index is 13.0. The molecule has 0 spiro atoms. The van der Waals surface area contributed by atoms with Gasteiger partial charge in [-0.2, -0.15) is 4.99 Å². The lowest BCUT2D eigenvalue weighted by atomic mass is 10.0. The Balaban J connectivity index is 1.89. The quantitative estimate of drug-likeness (QED) is 0.482. The molecule has 4 nitrogen and oxygen atoms in total. The summed E-state index contributed by atoms with van der Waals surface area (Å²) in [7, 11) is 1.64. The third-order valence-corrected chi connectivity index (χ3v) is 5.46. The molecule has 0 fully saturated rings. The molecule has 27 heavy (non-hydrogen) atoms. The summed E-state index contributed by atoms with van der Waals surface area (Å²) >= 11 is 1.47.